The Bertz CT molecular complexity index is 431. The molecule has 1 aliphatic heterocycles. The number of piperazine rings is 1. The molecule has 0 saturated carbocycles. The summed E-state index contributed by atoms with van der Waals surface area (Å²) >= 11 is 0. The fourth-order valence-electron chi connectivity index (χ4n) is 6.04. The zero-order valence-electron chi connectivity index (χ0n) is 24.1. The second kappa shape index (κ2) is 21.0. The number of aliphatic hydroxyl groups excluding tert-OH is 1. The van der Waals surface area contributed by atoms with E-state index in [1.54, 1.807) is 0 Å². The highest BCUT2D eigenvalue weighted by Gasteiger charge is 2.38. The maximum Gasteiger partial charge on any atom is 0.129 e. The first-order valence-corrected chi connectivity index (χ1v) is 15.9. The van der Waals surface area contributed by atoms with Gasteiger partial charge in [-0.2, -0.15) is 0 Å². The molecule has 1 heterocycles. The highest BCUT2D eigenvalue weighted by atomic mass is 16.3. The lowest BCUT2D eigenvalue weighted by Crippen LogP contribution is -2.66. The first-order chi connectivity index (χ1) is 16.6. The fourth-order valence-corrected chi connectivity index (χ4v) is 6.04. The number of unbranched alkanes of at least 4 members (excludes halogenated alkanes) is 18. The van der Waals surface area contributed by atoms with Gasteiger partial charge >= 0.3 is 0 Å². The molecule has 34 heavy (non-hydrogen) atoms. The third kappa shape index (κ3) is 15.8. The van der Waals surface area contributed by atoms with Gasteiger partial charge in [0.25, 0.3) is 0 Å². The van der Waals surface area contributed by atoms with E-state index < -0.39 is 0 Å². The van der Waals surface area contributed by atoms with E-state index in [4.69, 9.17) is 0 Å². The lowest BCUT2D eigenvalue weighted by molar-refractivity contribution is -1.02. The van der Waals surface area contributed by atoms with Crippen LogP contribution in [0.2, 0.25) is 0 Å². The number of likely N-dealkylation sites (N-methyl/N-ethyl adjacent to an activating group) is 1. The third-order valence-electron chi connectivity index (χ3n) is 8.84. The van der Waals surface area contributed by atoms with E-state index in [0.29, 0.717) is 6.61 Å². The minimum absolute atomic E-state index is 0.361. The highest BCUT2D eigenvalue weighted by molar-refractivity contribution is 4.56. The van der Waals surface area contributed by atoms with Crippen LogP contribution in [-0.2, 0) is 0 Å². The topological polar surface area (TPSA) is 20.2 Å². The Hall–Kier alpha value is -0.120. The number of hydrogen-bond donors (Lipinski definition) is 1. The van der Waals surface area contributed by atoms with Gasteiger partial charge in [0, 0.05) is 0 Å². The molecule has 0 unspecified atom stereocenters. The van der Waals surface area contributed by atoms with Gasteiger partial charge < -0.3 is 14.1 Å². The molecule has 0 spiro atoms. The Morgan fingerprint density at radius 2 is 0.794 bits per heavy atom. The van der Waals surface area contributed by atoms with Crippen molar-refractivity contribution in [3.8, 4) is 0 Å². The molecule has 0 amide bonds. The van der Waals surface area contributed by atoms with Gasteiger partial charge in [0.15, 0.2) is 0 Å². The Labute approximate surface area is 215 Å². The standard InChI is InChI=1S/C31H66N2O/c1-4-6-8-10-12-14-16-18-20-22-24-32(3)26-28-33(29-27-32,30-31-34)25-23-21-19-17-15-13-11-9-7-5-2/h34H,4-31H2,1-3H3/q+2. The molecule has 204 valence electrons. The Morgan fingerprint density at radius 1 is 0.441 bits per heavy atom. The predicted molar refractivity (Wildman–Crippen MR) is 151 cm³/mol. The molecule has 0 bridgehead atoms. The smallest absolute Gasteiger partial charge is 0.129 e. The van der Waals surface area contributed by atoms with Gasteiger partial charge in [-0.25, -0.2) is 0 Å². The normalized spacial score (nSPS) is 22.9. The number of quaternary nitrogens is 2. The van der Waals surface area contributed by atoms with Crippen molar-refractivity contribution in [3.05, 3.63) is 0 Å². The minimum atomic E-state index is 0.361. The van der Waals surface area contributed by atoms with Gasteiger partial charge in [-0.1, -0.05) is 117 Å². The van der Waals surface area contributed by atoms with E-state index in [0.717, 1.165) is 6.54 Å². The average Bonchev–Trinajstić information content (AvgIpc) is 2.84. The molecule has 0 aromatic rings. The summed E-state index contributed by atoms with van der Waals surface area (Å²) in [7, 11) is 2.50. The molecule has 1 N–H and O–H groups in total. The summed E-state index contributed by atoms with van der Waals surface area (Å²) in [6.07, 6.45) is 28.5. The van der Waals surface area contributed by atoms with Crippen molar-refractivity contribution in [1.29, 1.82) is 0 Å². The van der Waals surface area contributed by atoms with Crippen molar-refractivity contribution in [2.75, 3.05) is 59.5 Å². The highest BCUT2D eigenvalue weighted by Crippen LogP contribution is 2.21. The minimum Gasteiger partial charge on any atom is -0.391 e. The van der Waals surface area contributed by atoms with Crippen LogP contribution in [0.15, 0.2) is 0 Å². The van der Waals surface area contributed by atoms with Gasteiger partial charge in [-0.05, 0) is 25.7 Å². The average molecular weight is 483 g/mol. The zero-order chi connectivity index (χ0) is 24.8. The number of hydrogen-bond acceptors (Lipinski definition) is 1. The van der Waals surface area contributed by atoms with E-state index in [9.17, 15) is 5.11 Å². The van der Waals surface area contributed by atoms with Gasteiger partial charge in [0.05, 0.1) is 26.7 Å². The summed E-state index contributed by atoms with van der Waals surface area (Å²) in [5.74, 6) is 0. The van der Waals surface area contributed by atoms with Gasteiger partial charge in [-0.15, -0.1) is 0 Å². The summed E-state index contributed by atoms with van der Waals surface area (Å²) in [5.41, 5.74) is 0. The summed E-state index contributed by atoms with van der Waals surface area (Å²) in [6.45, 7) is 13.8. The van der Waals surface area contributed by atoms with Gasteiger partial charge in [-0.3, -0.25) is 0 Å². The van der Waals surface area contributed by atoms with Crippen molar-refractivity contribution in [1.82, 2.24) is 0 Å². The molecule has 3 heteroatoms. The van der Waals surface area contributed by atoms with Crippen LogP contribution in [-0.4, -0.2) is 73.5 Å². The Balaban J connectivity index is 2.11. The zero-order valence-corrected chi connectivity index (χ0v) is 24.1. The van der Waals surface area contributed by atoms with Crippen LogP contribution in [0.5, 0.6) is 0 Å². The Kier molecular flexibility index (Phi) is 19.7. The first-order valence-electron chi connectivity index (χ1n) is 15.9. The van der Waals surface area contributed by atoms with Crippen LogP contribution in [0.25, 0.3) is 0 Å². The van der Waals surface area contributed by atoms with Gasteiger partial charge in [0.1, 0.15) is 32.7 Å². The number of aliphatic hydroxyl groups is 1. The molecular weight excluding hydrogens is 416 g/mol. The second-order valence-corrected chi connectivity index (χ2v) is 12.1. The first kappa shape index (κ1) is 31.9. The van der Waals surface area contributed by atoms with E-state index in [1.165, 1.54) is 177 Å². The summed E-state index contributed by atoms with van der Waals surface area (Å²) in [5, 5.41) is 9.76. The van der Waals surface area contributed by atoms with Crippen LogP contribution >= 0.6 is 0 Å². The molecule has 0 atom stereocenters. The van der Waals surface area contributed by atoms with Crippen LogP contribution in [0.3, 0.4) is 0 Å². The summed E-state index contributed by atoms with van der Waals surface area (Å²) < 4.78 is 2.47. The molecule has 1 rings (SSSR count). The molecule has 0 aliphatic carbocycles. The summed E-state index contributed by atoms with van der Waals surface area (Å²) in [4.78, 5) is 0. The molecule has 0 aromatic heterocycles. The molecule has 1 saturated heterocycles. The fraction of sp³-hybridized carbons (Fsp3) is 1.00. The predicted octanol–water partition coefficient (Wildman–Crippen LogP) is 8.10. The monoisotopic (exact) mass is 483 g/mol. The SMILES string of the molecule is CCCCCCCCCCCC[N+]1(C)CC[N+](CCO)(CCCCCCCCCCCC)CC1. The van der Waals surface area contributed by atoms with Crippen LogP contribution in [0.1, 0.15) is 142 Å². The Morgan fingerprint density at radius 3 is 1.18 bits per heavy atom. The van der Waals surface area contributed by atoms with Gasteiger partial charge in [0.2, 0.25) is 0 Å². The lowest BCUT2D eigenvalue weighted by atomic mass is 10.0. The van der Waals surface area contributed by atoms with Crippen molar-refractivity contribution < 1.29 is 14.1 Å². The van der Waals surface area contributed by atoms with Crippen molar-refractivity contribution in [2.24, 2.45) is 0 Å². The quantitative estimate of drug-likeness (QED) is 0.109. The molecule has 3 nitrogen and oxygen atoms in total. The van der Waals surface area contributed by atoms with E-state index in [1.807, 2.05) is 0 Å². The maximum absolute atomic E-state index is 9.76. The molecule has 1 fully saturated rings. The molecule has 0 aromatic carbocycles. The van der Waals surface area contributed by atoms with Crippen molar-refractivity contribution >= 4 is 0 Å². The van der Waals surface area contributed by atoms with Crippen molar-refractivity contribution in [3.63, 3.8) is 0 Å². The second-order valence-electron chi connectivity index (χ2n) is 12.1. The van der Waals surface area contributed by atoms with Crippen LogP contribution in [0, 0.1) is 0 Å². The van der Waals surface area contributed by atoms with Crippen LogP contribution < -0.4 is 0 Å². The van der Waals surface area contributed by atoms with E-state index in [2.05, 4.69) is 20.9 Å². The number of nitrogens with zero attached hydrogens (tertiary/aromatic N) is 2. The number of rotatable bonds is 24. The maximum atomic E-state index is 9.76. The summed E-state index contributed by atoms with van der Waals surface area (Å²) in [6, 6.07) is 0. The van der Waals surface area contributed by atoms with Crippen molar-refractivity contribution in [2.45, 2.75) is 142 Å². The third-order valence-corrected chi connectivity index (χ3v) is 8.84. The lowest BCUT2D eigenvalue weighted by Gasteiger charge is -2.48. The molecule has 1 aliphatic rings. The van der Waals surface area contributed by atoms with E-state index in [-0.39, 0.29) is 0 Å². The molecule has 0 radical (unpaired) electrons. The largest absolute Gasteiger partial charge is 0.391 e. The molecular formula is C31H66N2O+2. The van der Waals surface area contributed by atoms with Crippen LogP contribution in [0.4, 0.5) is 0 Å². The van der Waals surface area contributed by atoms with E-state index >= 15 is 0 Å².